The average molecular weight is 115 g/mol. The largest absolute Gasteiger partial charge is 0.326 e. The predicted molar refractivity (Wildman–Crippen MR) is 36.0 cm³/mol. The van der Waals surface area contributed by atoms with E-state index < -0.39 is 0 Å². The fourth-order valence-corrected chi connectivity index (χ4v) is 0.539. The van der Waals surface area contributed by atoms with Crippen LogP contribution in [0.3, 0.4) is 0 Å². The summed E-state index contributed by atoms with van der Waals surface area (Å²) in [5.41, 5.74) is 11.0. The molecule has 0 amide bonds. The summed E-state index contributed by atoms with van der Waals surface area (Å²) in [7, 11) is 0. The summed E-state index contributed by atoms with van der Waals surface area (Å²) >= 11 is 0. The van der Waals surface area contributed by atoms with Crippen molar-refractivity contribution in [2.45, 2.75) is 32.7 Å². The molecular weight excluding hydrogens is 100 g/mol. The maximum absolute atomic E-state index is 5.56. The average Bonchev–Trinajstić information content (AvgIpc) is 1.67. The van der Waals surface area contributed by atoms with Crippen LogP contribution in [-0.2, 0) is 0 Å². The van der Waals surface area contributed by atoms with Crippen LogP contribution in [0.25, 0.3) is 0 Å². The highest BCUT2D eigenvalue weighted by Gasteiger charge is 2.05. The second-order valence-corrected chi connectivity index (χ2v) is 2.14. The SMILES string of the molecule is CCCC(N)[C](C)N. The van der Waals surface area contributed by atoms with Gasteiger partial charge in [-0.15, -0.1) is 0 Å². The quantitative estimate of drug-likeness (QED) is 0.566. The minimum absolute atomic E-state index is 0.111. The van der Waals surface area contributed by atoms with Gasteiger partial charge in [-0.25, -0.2) is 0 Å². The Morgan fingerprint density at radius 3 is 2.25 bits per heavy atom. The van der Waals surface area contributed by atoms with E-state index in [0.717, 1.165) is 18.9 Å². The van der Waals surface area contributed by atoms with Gasteiger partial charge >= 0.3 is 0 Å². The molecule has 49 valence electrons. The minimum Gasteiger partial charge on any atom is -0.326 e. The predicted octanol–water partition coefficient (Wildman–Crippen LogP) is 0.624. The van der Waals surface area contributed by atoms with Crippen molar-refractivity contribution in [3.8, 4) is 0 Å². The first-order valence-electron chi connectivity index (χ1n) is 3.03. The van der Waals surface area contributed by atoms with Gasteiger partial charge in [0.2, 0.25) is 0 Å². The Bertz CT molecular complexity index is 52.5. The Hall–Kier alpha value is -0.0800. The van der Waals surface area contributed by atoms with E-state index in [1.165, 1.54) is 0 Å². The molecule has 0 saturated heterocycles. The zero-order chi connectivity index (χ0) is 6.57. The molecule has 2 nitrogen and oxygen atoms in total. The molecule has 0 aromatic heterocycles. The summed E-state index contributed by atoms with van der Waals surface area (Å²) in [6.45, 7) is 3.96. The highest BCUT2D eigenvalue weighted by atomic mass is 14.8. The van der Waals surface area contributed by atoms with E-state index in [1.54, 1.807) is 0 Å². The topological polar surface area (TPSA) is 52.0 Å². The molecule has 0 aromatic rings. The number of hydrogen-bond acceptors (Lipinski definition) is 2. The van der Waals surface area contributed by atoms with Gasteiger partial charge in [-0.1, -0.05) is 13.3 Å². The molecule has 0 spiro atoms. The zero-order valence-corrected chi connectivity index (χ0v) is 5.65. The van der Waals surface area contributed by atoms with Crippen molar-refractivity contribution in [3.63, 3.8) is 0 Å². The molecule has 0 aliphatic rings. The first kappa shape index (κ1) is 7.92. The maximum atomic E-state index is 5.56. The van der Waals surface area contributed by atoms with Gasteiger partial charge < -0.3 is 11.5 Å². The summed E-state index contributed by atoms with van der Waals surface area (Å²) < 4.78 is 0. The lowest BCUT2D eigenvalue weighted by molar-refractivity contribution is 0.607. The van der Waals surface area contributed by atoms with Crippen LogP contribution < -0.4 is 11.5 Å². The highest BCUT2D eigenvalue weighted by Crippen LogP contribution is 2.00. The van der Waals surface area contributed by atoms with Gasteiger partial charge in [0.05, 0.1) is 0 Å². The third kappa shape index (κ3) is 2.99. The molecule has 1 unspecified atom stereocenters. The lowest BCUT2D eigenvalue weighted by Crippen LogP contribution is -2.31. The van der Waals surface area contributed by atoms with Gasteiger partial charge in [0, 0.05) is 12.1 Å². The lowest BCUT2D eigenvalue weighted by Gasteiger charge is -2.12. The van der Waals surface area contributed by atoms with Crippen molar-refractivity contribution in [1.82, 2.24) is 0 Å². The molecule has 8 heavy (non-hydrogen) atoms. The Labute approximate surface area is 51.2 Å². The Morgan fingerprint density at radius 1 is 1.62 bits per heavy atom. The molecule has 0 rings (SSSR count). The van der Waals surface area contributed by atoms with Gasteiger partial charge in [0.15, 0.2) is 0 Å². The highest BCUT2D eigenvalue weighted by molar-refractivity contribution is 4.87. The van der Waals surface area contributed by atoms with Crippen LogP contribution in [-0.4, -0.2) is 6.04 Å². The van der Waals surface area contributed by atoms with Crippen LogP contribution >= 0.6 is 0 Å². The van der Waals surface area contributed by atoms with Crippen molar-refractivity contribution >= 4 is 0 Å². The molecule has 4 N–H and O–H groups in total. The van der Waals surface area contributed by atoms with Crippen LogP contribution in [0.4, 0.5) is 0 Å². The summed E-state index contributed by atoms with van der Waals surface area (Å²) in [6.07, 6.45) is 2.11. The van der Waals surface area contributed by atoms with Crippen molar-refractivity contribution in [2.24, 2.45) is 11.5 Å². The van der Waals surface area contributed by atoms with E-state index in [4.69, 9.17) is 11.5 Å². The number of hydrogen-bond donors (Lipinski definition) is 2. The van der Waals surface area contributed by atoms with Gasteiger partial charge in [-0.3, -0.25) is 0 Å². The first-order chi connectivity index (χ1) is 3.68. The summed E-state index contributed by atoms with van der Waals surface area (Å²) in [4.78, 5) is 0. The number of nitrogens with two attached hydrogens (primary N) is 2. The Kier molecular flexibility index (Phi) is 3.83. The summed E-state index contributed by atoms with van der Waals surface area (Å²) in [5.74, 6) is 0. The standard InChI is InChI=1S/C6H15N2/c1-3-4-6(8)5(2)7/h6H,3-4,7-8H2,1-2H3. The van der Waals surface area contributed by atoms with E-state index in [1.807, 2.05) is 6.92 Å². The molecule has 0 bridgehead atoms. The van der Waals surface area contributed by atoms with Gasteiger partial charge in [0.25, 0.3) is 0 Å². The molecule has 1 atom stereocenters. The van der Waals surface area contributed by atoms with E-state index in [2.05, 4.69) is 6.92 Å². The molecule has 0 aromatic carbocycles. The molecule has 2 heteroatoms. The van der Waals surface area contributed by atoms with Gasteiger partial charge in [0.1, 0.15) is 0 Å². The monoisotopic (exact) mass is 115 g/mol. The second kappa shape index (κ2) is 3.87. The zero-order valence-electron chi connectivity index (χ0n) is 5.65. The maximum Gasteiger partial charge on any atom is 0.0474 e. The van der Waals surface area contributed by atoms with Crippen LogP contribution in [0.2, 0.25) is 0 Å². The Morgan fingerprint density at radius 2 is 2.12 bits per heavy atom. The summed E-state index contributed by atoms with van der Waals surface area (Å²) in [5, 5.41) is 0. The van der Waals surface area contributed by atoms with E-state index in [-0.39, 0.29) is 6.04 Å². The fourth-order valence-electron chi connectivity index (χ4n) is 0.539. The van der Waals surface area contributed by atoms with Gasteiger partial charge in [-0.2, -0.15) is 0 Å². The van der Waals surface area contributed by atoms with E-state index in [0.29, 0.717) is 0 Å². The third-order valence-electron chi connectivity index (χ3n) is 1.18. The second-order valence-electron chi connectivity index (χ2n) is 2.14. The van der Waals surface area contributed by atoms with Crippen molar-refractivity contribution < 1.29 is 0 Å². The molecule has 0 aliphatic heterocycles. The van der Waals surface area contributed by atoms with Crippen LogP contribution in [0, 0.1) is 6.04 Å². The van der Waals surface area contributed by atoms with E-state index >= 15 is 0 Å². The summed E-state index contributed by atoms with van der Waals surface area (Å²) in [6, 6.07) is 0.951. The molecular formula is C6H15N2. The molecule has 1 radical (unpaired) electrons. The van der Waals surface area contributed by atoms with Crippen LogP contribution in [0.5, 0.6) is 0 Å². The number of rotatable bonds is 3. The lowest BCUT2D eigenvalue weighted by atomic mass is 10.1. The molecule has 0 heterocycles. The van der Waals surface area contributed by atoms with Crippen molar-refractivity contribution in [2.75, 3.05) is 0 Å². The van der Waals surface area contributed by atoms with Crippen LogP contribution in [0.1, 0.15) is 26.7 Å². The smallest absolute Gasteiger partial charge is 0.0474 e. The molecule has 0 saturated carbocycles. The first-order valence-corrected chi connectivity index (χ1v) is 3.03. The molecule has 0 aliphatic carbocycles. The minimum atomic E-state index is 0.111. The van der Waals surface area contributed by atoms with Crippen LogP contribution in [0.15, 0.2) is 0 Å². The van der Waals surface area contributed by atoms with Crippen molar-refractivity contribution in [3.05, 3.63) is 6.04 Å². The molecule has 0 fully saturated rings. The fraction of sp³-hybridized carbons (Fsp3) is 0.833. The Balaban J connectivity index is 3.17. The third-order valence-corrected chi connectivity index (χ3v) is 1.18. The normalized spacial score (nSPS) is 14.6. The van der Waals surface area contributed by atoms with Crippen molar-refractivity contribution in [1.29, 1.82) is 0 Å². The van der Waals surface area contributed by atoms with E-state index in [9.17, 15) is 0 Å². The van der Waals surface area contributed by atoms with Gasteiger partial charge in [-0.05, 0) is 13.3 Å².